The summed E-state index contributed by atoms with van der Waals surface area (Å²) in [4.78, 5) is 30.1. The molecule has 1 aromatic carbocycles. The summed E-state index contributed by atoms with van der Waals surface area (Å²) in [5, 5.41) is 13.4. The second-order valence-corrected chi connectivity index (χ2v) is 11.3. The van der Waals surface area contributed by atoms with Gasteiger partial charge in [0.25, 0.3) is 5.91 Å². The number of amides is 1. The van der Waals surface area contributed by atoms with Crippen molar-refractivity contribution in [1.82, 2.24) is 14.8 Å². The Balaban J connectivity index is 1.65. The first kappa shape index (κ1) is 28.0. The van der Waals surface area contributed by atoms with Crippen molar-refractivity contribution in [3.05, 3.63) is 64.2 Å². The van der Waals surface area contributed by atoms with E-state index < -0.39 is 23.4 Å². The van der Waals surface area contributed by atoms with E-state index in [0.717, 1.165) is 28.4 Å². The highest BCUT2D eigenvalue weighted by Gasteiger charge is 2.27. The minimum atomic E-state index is -0.816. The Morgan fingerprint density at radius 2 is 1.97 bits per heavy atom. The zero-order chi connectivity index (χ0) is 28.3. The lowest BCUT2D eigenvalue weighted by Gasteiger charge is -2.27. The molecular weight excluding hydrogens is 519 g/mol. The second kappa shape index (κ2) is 11.4. The summed E-state index contributed by atoms with van der Waals surface area (Å²) in [5.74, 6) is -2.12. The highest BCUT2D eigenvalue weighted by molar-refractivity contribution is 7.10. The predicted octanol–water partition coefficient (Wildman–Crippen LogP) is 6.02. The van der Waals surface area contributed by atoms with Crippen LogP contribution in [-0.2, 0) is 16.1 Å². The molecule has 9 nitrogen and oxygen atoms in total. The van der Waals surface area contributed by atoms with E-state index >= 15 is 4.39 Å². The molecule has 1 amide bonds. The molecule has 3 heterocycles. The average molecular weight is 553 g/mol. The van der Waals surface area contributed by atoms with Crippen LogP contribution in [0.4, 0.5) is 21.7 Å². The molecule has 39 heavy (non-hydrogen) atoms. The first-order chi connectivity index (χ1) is 18.4. The van der Waals surface area contributed by atoms with Gasteiger partial charge < -0.3 is 21.1 Å². The number of nitrogens with one attached hydrogen (secondary N) is 2. The number of anilines is 3. The van der Waals surface area contributed by atoms with Crippen molar-refractivity contribution in [3.8, 4) is 0 Å². The maximum absolute atomic E-state index is 15.3. The largest absolute Gasteiger partial charge is 0.460 e. The molecule has 0 aliphatic heterocycles. The van der Waals surface area contributed by atoms with Crippen LogP contribution in [0.3, 0.4) is 0 Å². The van der Waals surface area contributed by atoms with Crippen LogP contribution in [0.2, 0.25) is 0 Å². The van der Waals surface area contributed by atoms with Gasteiger partial charge in [-0.25, -0.2) is 9.37 Å². The number of esters is 1. The standard InChI is InChI=1S/C28H33FN6O3S/c1-6-35-21-10-9-18(13-17(21)15-31-35)32-26-19(25(30)37)14-20(29)27(34-26)33-24(22-8-7-11-39-22)16(2)12-23(36)38-28(3,4)5/h7-11,13-16,24H,6,12H2,1-5H3,(H2,30,37)(H2,32,33,34)/t16-,24+/m1/s1. The molecule has 206 valence electrons. The van der Waals surface area contributed by atoms with Crippen LogP contribution in [0.15, 0.2) is 48.0 Å². The van der Waals surface area contributed by atoms with E-state index in [2.05, 4.69) is 20.7 Å². The molecule has 0 saturated heterocycles. The molecule has 0 bridgehead atoms. The van der Waals surface area contributed by atoms with Crippen molar-refractivity contribution in [3.63, 3.8) is 0 Å². The molecule has 0 aliphatic rings. The number of carbonyl (C=O) groups is 2. The Hall–Kier alpha value is -3.99. The summed E-state index contributed by atoms with van der Waals surface area (Å²) in [7, 11) is 0. The highest BCUT2D eigenvalue weighted by Crippen LogP contribution is 2.34. The van der Waals surface area contributed by atoms with E-state index in [1.165, 1.54) is 11.3 Å². The number of primary amides is 1. The maximum Gasteiger partial charge on any atom is 0.306 e. The number of fused-ring (bicyclic) bond motifs is 1. The van der Waals surface area contributed by atoms with Gasteiger partial charge in [0.05, 0.1) is 29.7 Å². The minimum Gasteiger partial charge on any atom is -0.460 e. The van der Waals surface area contributed by atoms with Gasteiger partial charge in [0.1, 0.15) is 11.4 Å². The SMILES string of the molecule is CCn1ncc2cc(Nc3nc(N[C@H](c4cccs4)[C@H](C)CC(=O)OC(C)(C)C)c(F)cc3C(N)=O)ccc21. The smallest absolute Gasteiger partial charge is 0.306 e. The van der Waals surface area contributed by atoms with Gasteiger partial charge in [0, 0.05) is 22.5 Å². The predicted molar refractivity (Wildman–Crippen MR) is 152 cm³/mol. The quantitative estimate of drug-likeness (QED) is 0.206. The highest BCUT2D eigenvalue weighted by atomic mass is 32.1. The van der Waals surface area contributed by atoms with Gasteiger partial charge in [-0.1, -0.05) is 13.0 Å². The van der Waals surface area contributed by atoms with Crippen LogP contribution in [0.25, 0.3) is 10.9 Å². The van der Waals surface area contributed by atoms with Gasteiger partial charge in [0.2, 0.25) is 0 Å². The lowest BCUT2D eigenvalue weighted by molar-refractivity contribution is -0.155. The molecule has 0 radical (unpaired) electrons. The Kier molecular flexibility index (Phi) is 8.19. The normalized spacial score (nSPS) is 13.2. The van der Waals surface area contributed by atoms with Gasteiger partial charge in [-0.15, -0.1) is 11.3 Å². The number of nitrogens with zero attached hydrogens (tertiary/aromatic N) is 3. The van der Waals surface area contributed by atoms with Crippen LogP contribution < -0.4 is 16.4 Å². The number of benzene rings is 1. The summed E-state index contributed by atoms with van der Waals surface area (Å²) < 4.78 is 22.6. The Bertz CT molecular complexity index is 1480. The first-order valence-corrected chi connectivity index (χ1v) is 13.6. The summed E-state index contributed by atoms with van der Waals surface area (Å²) in [6, 6.07) is 10.0. The average Bonchev–Trinajstić information content (AvgIpc) is 3.52. The Morgan fingerprint density at radius 3 is 2.62 bits per heavy atom. The third-order valence-electron chi connectivity index (χ3n) is 6.07. The molecule has 11 heteroatoms. The van der Waals surface area contributed by atoms with Crippen molar-refractivity contribution in [1.29, 1.82) is 0 Å². The monoisotopic (exact) mass is 552 g/mol. The Labute approximate surface area is 230 Å². The van der Waals surface area contributed by atoms with Gasteiger partial charge in [-0.05, 0) is 69.3 Å². The van der Waals surface area contributed by atoms with Gasteiger partial charge in [-0.2, -0.15) is 5.10 Å². The molecule has 0 saturated carbocycles. The second-order valence-electron chi connectivity index (χ2n) is 10.3. The topological polar surface area (TPSA) is 124 Å². The van der Waals surface area contributed by atoms with E-state index in [1.807, 2.05) is 75.0 Å². The van der Waals surface area contributed by atoms with E-state index in [1.54, 1.807) is 6.20 Å². The van der Waals surface area contributed by atoms with Crippen molar-refractivity contribution in [2.24, 2.45) is 11.7 Å². The molecule has 0 unspecified atom stereocenters. The number of rotatable bonds is 10. The maximum atomic E-state index is 15.3. The van der Waals surface area contributed by atoms with E-state index in [0.29, 0.717) is 5.69 Å². The zero-order valence-corrected chi connectivity index (χ0v) is 23.4. The Morgan fingerprint density at radius 1 is 1.21 bits per heavy atom. The number of hydrogen-bond acceptors (Lipinski definition) is 8. The summed E-state index contributed by atoms with van der Waals surface area (Å²) >= 11 is 1.48. The van der Waals surface area contributed by atoms with Crippen molar-refractivity contribution in [2.75, 3.05) is 10.6 Å². The molecule has 2 atom stereocenters. The fourth-order valence-corrected chi connectivity index (χ4v) is 5.21. The number of pyridine rings is 1. The number of aromatic nitrogens is 3. The number of ether oxygens (including phenoxy) is 1. The number of halogens is 1. The third kappa shape index (κ3) is 6.72. The number of aryl methyl sites for hydroxylation is 1. The van der Waals surface area contributed by atoms with Crippen LogP contribution in [0, 0.1) is 11.7 Å². The van der Waals surface area contributed by atoms with E-state index in [4.69, 9.17) is 10.5 Å². The molecule has 4 N–H and O–H groups in total. The number of nitrogens with two attached hydrogens (primary N) is 1. The van der Waals surface area contributed by atoms with Crippen LogP contribution in [-0.4, -0.2) is 32.2 Å². The minimum absolute atomic E-state index is 0.0724. The molecule has 4 rings (SSSR count). The number of hydrogen-bond donors (Lipinski definition) is 3. The molecule has 4 aromatic rings. The summed E-state index contributed by atoms with van der Waals surface area (Å²) in [6.45, 7) is 10.1. The molecule has 0 fully saturated rings. The van der Waals surface area contributed by atoms with E-state index in [-0.39, 0.29) is 35.5 Å². The number of carbonyl (C=O) groups excluding carboxylic acids is 2. The molecular formula is C28H33FN6O3S. The lowest BCUT2D eigenvalue weighted by atomic mass is 9.96. The van der Waals surface area contributed by atoms with Crippen LogP contribution in [0.1, 0.15) is 62.3 Å². The number of thiophene rings is 1. The van der Waals surface area contributed by atoms with Crippen molar-refractivity contribution >= 4 is 51.4 Å². The van der Waals surface area contributed by atoms with E-state index in [9.17, 15) is 9.59 Å². The van der Waals surface area contributed by atoms with Gasteiger partial charge in [0.15, 0.2) is 11.6 Å². The summed E-state index contributed by atoms with van der Waals surface area (Å²) in [6.07, 6.45) is 1.87. The molecule has 3 aromatic heterocycles. The van der Waals surface area contributed by atoms with Crippen molar-refractivity contribution in [2.45, 2.75) is 59.2 Å². The third-order valence-corrected chi connectivity index (χ3v) is 7.02. The first-order valence-electron chi connectivity index (χ1n) is 12.7. The zero-order valence-electron chi connectivity index (χ0n) is 22.6. The summed E-state index contributed by atoms with van der Waals surface area (Å²) in [5.41, 5.74) is 6.47. The van der Waals surface area contributed by atoms with Gasteiger partial charge in [-0.3, -0.25) is 14.3 Å². The fourth-order valence-electron chi connectivity index (χ4n) is 4.30. The van der Waals surface area contributed by atoms with Crippen molar-refractivity contribution < 1.29 is 18.7 Å². The lowest BCUT2D eigenvalue weighted by Crippen LogP contribution is -2.28. The van der Waals surface area contributed by atoms with Gasteiger partial charge >= 0.3 is 5.97 Å². The van der Waals surface area contributed by atoms with Crippen LogP contribution >= 0.6 is 11.3 Å². The molecule has 0 aliphatic carbocycles. The van der Waals surface area contributed by atoms with Crippen LogP contribution in [0.5, 0.6) is 0 Å². The fraction of sp³-hybridized carbons (Fsp3) is 0.357. The molecule has 0 spiro atoms.